The molecule has 0 aromatic carbocycles. The molecule has 0 saturated carbocycles. The number of hydrogen-bond donors (Lipinski definition) is 0. The van der Waals surface area contributed by atoms with Crippen LogP contribution in [0.5, 0.6) is 0 Å². The molecule has 0 aliphatic rings. The summed E-state index contributed by atoms with van der Waals surface area (Å²) in [5.74, 6) is 0. The third-order valence-corrected chi connectivity index (χ3v) is 0.929. The van der Waals surface area contributed by atoms with Crippen molar-refractivity contribution in [3.8, 4) is 0 Å². The van der Waals surface area contributed by atoms with Crippen molar-refractivity contribution >= 4 is 0 Å². The standard InChI is InChI=1S/C6H15N2.C2H6N.Zr/c1-4-7-5-6-8(2)3;1-3-2;/h4-6H2,1-3H3;1-2H3;/q2*-1;+3. The van der Waals surface area contributed by atoms with Crippen molar-refractivity contribution in [3.05, 3.63) is 10.6 Å². The van der Waals surface area contributed by atoms with Crippen molar-refractivity contribution in [3.63, 3.8) is 0 Å². The van der Waals surface area contributed by atoms with E-state index in [0.717, 1.165) is 19.6 Å². The van der Waals surface area contributed by atoms with Gasteiger partial charge in [0.15, 0.2) is 0 Å². The quantitative estimate of drug-likeness (QED) is 0.697. The maximum atomic E-state index is 4.17. The maximum Gasteiger partial charge on any atom is 3.00 e. The Balaban J connectivity index is -0.000000177. The molecular formula is C8H21N3Zr+. The zero-order valence-corrected chi connectivity index (χ0v) is 11.4. The molecule has 0 saturated heterocycles. The minimum Gasteiger partial charge on any atom is -0.668 e. The van der Waals surface area contributed by atoms with Crippen molar-refractivity contribution in [2.45, 2.75) is 6.92 Å². The van der Waals surface area contributed by atoms with E-state index in [0.29, 0.717) is 0 Å². The Bertz CT molecular complexity index is 60.3. The fourth-order valence-corrected chi connectivity index (χ4v) is 0.429. The summed E-state index contributed by atoms with van der Waals surface area (Å²) < 4.78 is 0. The average molecular weight is 251 g/mol. The van der Waals surface area contributed by atoms with Gasteiger partial charge in [-0.1, -0.05) is 6.92 Å². The first-order valence-corrected chi connectivity index (χ1v) is 3.94. The molecular weight excluding hydrogens is 229 g/mol. The van der Waals surface area contributed by atoms with Gasteiger partial charge in [0, 0.05) is 0 Å². The first-order valence-electron chi connectivity index (χ1n) is 3.94. The molecule has 1 radical (unpaired) electrons. The number of likely N-dealkylation sites (N-methyl/N-ethyl adjacent to an activating group) is 2. The molecule has 0 atom stereocenters. The van der Waals surface area contributed by atoms with E-state index in [1.54, 1.807) is 14.1 Å². The van der Waals surface area contributed by atoms with Gasteiger partial charge in [0.2, 0.25) is 0 Å². The van der Waals surface area contributed by atoms with E-state index in [1.165, 1.54) is 0 Å². The SMILES string of the molecule is CC[N-]CCN(C)C.C[N-]C.[Zr+3]. The van der Waals surface area contributed by atoms with Gasteiger partial charge in [0.25, 0.3) is 0 Å². The molecule has 71 valence electrons. The summed E-state index contributed by atoms with van der Waals surface area (Å²) in [6, 6.07) is 0. The van der Waals surface area contributed by atoms with Gasteiger partial charge in [-0.3, -0.25) is 0 Å². The molecule has 12 heavy (non-hydrogen) atoms. The van der Waals surface area contributed by atoms with E-state index < -0.39 is 0 Å². The van der Waals surface area contributed by atoms with E-state index in [2.05, 4.69) is 36.6 Å². The van der Waals surface area contributed by atoms with Gasteiger partial charge in [-0.2, -0.15) is 20.6 Å². The molecule has 0 aromatic heterocycles. The van der Waals surface area contributed by atoms with Crippen LogP contribution in [0.2, 0.25) is 0 Å². The summed E-state index contributed by atoms with van der Waals surface area (Å²) in [5.41, 5.74) is 0. The second kappa shape index (κ2) is 17.7. The molecule has 0 amide bonds. The molecule has 0 aromatic rings. The smallest absolute Gasteiger partial charge is 0.668 e. The predicted molar refractivity (Wildman–Crippen MR) is 52.5 cm³/mol. The Morgan fingerprint density at radius 3 is 1.83 bits per heavy atom. The zero-order chi connectivity index (χ0) is 9.11. The van der Waals surface area contributed by atoms with E-state index in [9.17, 15) is 0 Å². The van der Waals surface area contributed by atoms with Crippen LogP contribution in [0.25, 0.3) is 10.6 Å². The van der Waals surface area contributed by atoms with Crippen LogP contribution in [-0.4, -0.2) is 52.7 Å². The summed E-state index contributed by atoms with van der Waals surface area (Å²) in [6.45, 7) is 5.07. The molecule has 3 nitrogen and oxygen atoms in total. The third-order valence-electron chi connectivity index (χ3n) is 0.929. The van der Waals surface area contributed by atoms with Crippen molar-refractivity contribution in [2.24, 2.45) is 0 Å². The Kier molecular flexibility index (Phi) is 27.4. The van der Waals surface area contributed by atoms with Crippen LogP contribution >= 0.6 is 0 Å². The Labute approximate surface area is 96.4 Å². The molecule has 0 spiro atoms. The van der Waals surface area contributed by atoms with Crippen LogP contribution < -0.4 is 0 Å². The Morgan fingerprint density at radius 1 is 1.17 bits per heavy atom. The minimum atomic E-state index is 0. The van der Waals surface area contributed by atoms with Crippen LogP contribution in [0.4, 0.5) is 0 Å². The summed E-state index contributed by atoms with van der Waals surface area (Å²) in [6.07, 6.45) is 0. The first-order chi connectivity index (χ1) is 5.18. The van der Waals surface area contributed by atoms with E-state index >= 15 is 0 Å². The normalized spacial score (nSPS) is 8.50. The van der Waals surface area contributed by atoms with Crippen molar-refractivity contribution < 1.29 is 26.2 Å². The summed E-state index contributed by atoms with van der Waals surface area (Å²) in [7, 11) is 7.62. The summed E-state index contributed by atoms with van der Waals surface area (Å²) >= 11 is 0. The van der Waals surface area contributed by atoms with Gasteiger partial charge in [0.1, 0.15) is 0 Å². The van der Waals surface area contributed by atoms with E-state index in [1.807, 2.05) is 0 Å². The Hall–Kier alpha value is 0.763. The topological polar surface area (TPSA) is 31.4 Å². The Morgan fingerprint density at radius 2 is 1.58 bits per heavy atom. The molecule has 0 heterocycles. The van der Waals surface area contributed by atoms with Gasteiger partial charge < -0.3 is 15.5 Å². The van der Waals surface area contributed by atoms with Gasteiger partial charge in [0.05, 0.1) is 0 Å². The number of rotatable bonds is 4. The first kappa shape index (κ1) is 18.5. The summed E-state index contributed by atoms with van der Waals surface area (Å²) in [4.78, 5) is 2.14. The molecule has 0 aliphatic heterocycles. The molecule has 0 rings (SSSR count). The maximum absolute atomic E-state index is 4.17. The monoisotopic (exact) mass is 249 g/mol. The predicted octanol–water partition coefficient (Wildman–Crippen LogP) is 1.56. The van der Waals surface area contributed by atoms with Crippen LogP contribution in [-0.2, 0) is 26.2 Å². The fraction of sp³-hybridized carbons (Fsp3) is 1.00. The average Bonchev–Trinajstić information content (AvgIpc) is 1.89. The van der Waals surface area contributed by atoms with Crippen molar-refractivity contribution in [1.82, 2.24) is 4.90 Å². The van der Waals surface area contributed by atoms with Gasteiger partial charge >= 0.3 is 26.2 Å². The van der Waals surface area contributed by atoms with Gasteiger partial charge in [-0.05, 0) is 20.6 Å². The third kappa shape index (κ3) is 30.9. The van der Waals surface area contributed by atoms with Crippen molar-refractivity contribution in [2.75, 3.05) is 47.8 Å². The second-order valence-corrected chi connectivity index (χ2v) is 2.51. The van der Waals surface area contributed by atoms with Crippen LogP contribution in [0.3, 0.4) is 0 Å². The number of hydrogen-bond acceptors (Lipinski definition) is 1. The minimum absolute atomic E-state index is 0. The van der Waals surface area contributed by atoms with Crippen LogP contribution in [0.1, 0.15) is 6.92 Å². The van der Waals surface area contributed by atoms with E-state index in [-0.39, 0.29) is 26.2 Å². The zero-order valence-electron chi connectivity index (χ0n) is 8.96. The van der Waals surface area contributed by atoms with Crippen LogP contribution in [0, 0.1) is 0 Å². The molecule has 0 N–H and O–H groups in total. The molecule has 0 aliphatic carbocycles. The molecule has 4 heteroatoms. The molecule has 0 unspecified atom stereocenters. The number of nitrogens with zero attached hydrogens (tertiary/aromatic N) is 3. The summed E-state index contributed by atoms with van der Waals surface area (Å²) in [5, 5.41) is 7.67. The molecule has 0 fully saturated rings. The van der Waals surface area contributed by atoms with Crippen LogP contribution in [0.15, 0.2) is 0 Å². The van der Waals surface area contributed by atoms with E-state index in [4.69, 9.17) is 0 Å². The second-order valence-electron chi connectivity index (χ2n) is 2.51. The van der Waals surface area contributed by atoms with Crippen molar-refractivity contribution in [1.29, 1.82) is 0 Å². The van der Waals surface area contributed by atoms with Gasteiger partial charge in [-0.15, -0.1) is 6.54 Å². The molecule has 0 bridgehead atoms. The van der Waals surface area contributed by atoms with Gasteiger partial charge in [-0.25, -0.2) is 0 Å². The largest absolute Gasteiger partial charge is 3.00 e. The fourth-order valence-electron chi connectivity index (χ4n) is 0.429.